The highest BCUT2D eigenvalue weighted by Crippen LogP contribution is 2.31. The summed E-state index contributed by atoms with van der Waals surface area (Å²) in [5, 5.41) is 14.8. The SMILES string of the molecule is Cc1ccc2nc(-c3ccc(NC(=O)c4ccc(I)c([N+](=O)[O-])c4)cc3)sc2c1. The summed E-state index contributed by atoms with van der Waals surface area (Å²) in [4.78, 5) is 27.7. The lowest BCUT2D eigenvalue weighted by molar-refractivity contribution is -0.385. The average Bonchev–Trinajstić information content (AvgIpc) is 3.11. The highest BCUT2D eigenvalue weighted by atomic mass is 127. The van der Waals surface area contributed by atoms with Crippen molar-refractivity contribution in [2.45, 2.75) is 6.92 Å². The maximum Gasteiger partial charge on any atom is 0.283 e. The molecule has 4 rings (SSSR count). The van der Waals surface area contributed by atoms with E-state index in [1.165, 1.54) is 11.6 Å². The number of aryl methyl sites for hydroxylation is 1. The minimum Gasteiger partial charge on any atom is -0.322 e. The molecule has 0 aliphatic rings. The Labute approximate surface area is 183 Å². The van der Waals surface area contributed by atoms with E-state index in [0.29, 0.717) is 9.26 Å². The third-order valence-electron chi connectivity index (χ3n) is 4.34. The van der Waals surface area contributed by atoms with E-state index >= 15 is 0 Å². The van der Waals surface area contributed by atoms with Crippen LogP contribution < -0.4 is 5.32 Å². The van der Waals surface area contributed by atoms with E-state index in [1.54, 1.807) is 35.6 Å². The molecule has 3 aromatic carbocycles. The molecule has 0 saturated carbocycles. The number of halogens is 1. The number of thiazole rings is 1. The number of carbonyl (C=O) groups is 1. The third-order valence-corrected chi connectivity index (χ3v) is 6.32. The number of carbonyl (C=O) groups excluding carboxylic acids is 1. The van der Waals surface area contributed by atoms with Crippen LogP contribution in [0.15, 0.2) is 60.7 Å². The molecule has 0 fully saturated rings. The quantitative estimate of drug-likeness (QED) is 0.204. The van der Waals surface area contributed by atoms with Gasteiger partial charge >= 0.3 is 0 Å². The van der Waals surface area contributed by atoms with Crippen LogP contribution in [0.3, 0.4) is 0 Å². The standard InChI is InChI=1S/C21H14IN3O3S/c1-12-2-9-17-19(10-12)29-21(24-17)13-3-6-15(7-4-13)23-20(26)14-5-8-16(22)18(11-14)25(27)28/h2-11H,1H3,(H,23,26). The summed E-state index contributed by atoms with van der Waals surface area (Å²) in [6.45, 7) is 2.05. The maximum absolute atomic E-state index is 12.5. The summed E-state index contributed by atoms with van der Waals surface area (Å²) in [5.74, 6) is -0.396. The van der Waals surface area contributed by atoms with Gasteiger partial charge in [0.1, 0.15) is 5.01 Å². The maximum atomic E-state index is 12.5. The molecule has 0 saturated heterocycles. The first-order chi connectivity index (χ1) is 13.9. The number of fused-ring (bicyclic) bond motifs is 1. The Hall–Kier alpha value is -2.85. The molecule has 0 atom stereocenters. The van der Waals surface area contributed by atoms with E-state index in [4.69, 9.17) is 0 Å². The second kappa shape index (κ2) is 7.88. The van der Waals surface area contributed by atoms with Crippen molar-refractivity contribution in [3.8, 4) is 10.6 Å². The second-order valence-electron chi connectivity index (χ2n) is 6.44. The number of aromatic nitrogens is 1. The molecule has 0 aliphatic carbocycles. The number of nitrogens with zero attached hydrogens (tertiary/aromatic N) is 2. The van der Waals surface area contributed by atoms with Crippen LogP contribution in [0.4, 0.5) is 11.4 Å². The number of hydrogen-bond acceptors (Lipinski definition) is 5. The van der Waals surface area contributed by atoms with Gasteiger partial charge in [0.2, 0.25) is 0 Å². The minimum absolute atomic E-state index is 0.0836. The predicted octanol–water partition coefficient (Wildman–Crippen LogP) is 6.04. The number of benzene rings is 3. The van der Waals surface area contributed by atoms with Gasteiger partial charge < -0.3 is 5.32 Å². The van der Waals surface area contributed by atoms with Crippen LogP contribution in [-0.2, 0) is 0 Å². The Bertz CT molecular complexity index is 1250. The van der Waals surface area contributed by atoms with Gasteiger partial charge in [0.25, 0.3) is 11.6 Å². The number of nitrogens with one attached hydrogen (secondary N) is 1. The molecule has 6 nitrogen and oxygen atoms in total. The molecule has 0 aliphatic heterocycles. The molecule has 1 amide bonds. The number of nitro benzene ring substituents is 1. The van der Waals surface area contributed by atoms with E-state index < -0.39 is 10.8 Å². The summed E-state index contributed by atoms with van der Waals surface area (Å²) in [7, 11) is 0. The average molecular weight is 515 g/mol. The largest absolute Gasteiger partial charge is 0.322 e. The predicted molar refractivity (Wildman–Crippen MR) is 124 cm³/mol. The number of hydrogen-bond donors (Lipinski definition) is 1. The van der Waals surface area contributed by atoms with Gasteiger partial charge in [0.05, 0.1) is 18.7 Å². The highest BCUT2D eigenvalue weighted by molar-refractivity contribution is 14.1. The van der Waals surface area contributed by atoms with Crippen LogP contribution >= 0.6 is 33.9 Å². The molecule has 4 aromatic rings. The van der Waals surface area contributed by atoms with Gasteiger partial charge in [0.15, 0.2) is 0 Å². The Morgan fingerprint density at radius 3 is 2.59 bits per heavy atom. The highest BCUT2D eigenvalue weighted by Gasteiger charge is 2.16. The fourth-order valence-corrected chi connectivity index (χ4v) is 4.45. The van der Waals surface area contributed by atoms with Crippen LogP contribution in [0.1, 0.15) is 15.9 Å². The molecule has 29 heavy (non-hydrogen) atoms. The molecule has 0 spiro atoms. The van der Waals surface area contributed by atoms with E-state index in [9.17, 15) is 14.9 Å². The fraction of sp³-hybridized carbons (Fsp3) is 0.0476. The lowest BCUT2D eigenvalue weighted by Gasteiger charge is -2.06. The van der Waals surface area contributed by atoms with Crippen molar-refractivity contribution < 1.29 is 9.72 Å². The monoisotopic (exact) mass is 515 g/mol. The molecule has 8 heteroatoms. The zero-order valence-electron chi connectivity index (χ0n) is 15.2. The van der Waals surface area contributed by atoms with Crippen molar-refractivity contribution in [1.82, 2.24) is 4.98 Å². The number of nitro groups is 1. The summed E-state index contributed by atoms with van der Waals surface area (Å²) in [6.07, 6.45) is 0. The Morgan fingerprint density at radius 2 is 1.86 bits per heavy atom. The lowest BCUT2D eigenvalue weighted by Crippen LogP contribution is -2.12. The molecular formula is C21H14IN3O3S. The molecule has 1 heterocycles. The first kappa shape index (κ1) is 19.5. The van der Waals surface area contributed by atoms with Crippen molar-refractivity contribution in [1.29, 1.82) is 0 Å². The summed E-state index contributed by atoms with van der Waals surface area (Å²) in [5.41, 5.74) is 3.89. The summed E-state index contributed by atoms with van der Waals surface area (Å²) < 4.78 is 1.62. The van der Waals surface area contributed by atoms with E-state index in [2.05, 4.69) is 23.3 Å². The topological polar surface area (TPSA) is 85.1 Å². The van der Waals surface area contributed by atoms with Crippen molar-refractivity contribution in [3.63, 3.8) is 0 Å². The zero-order valence-corrected chi connectivity index (χ0v) is 18.2. The van der Waals surface area contributed by atoms with Gasteiger partial charge in [0, 0.05) is 22.9 Å². The van der Waals surface area contributed by atoms with Crippen LogP contribution in [0, 0.1) is 20.6 Å². The van der Waals surface area contributed by atoms with E-state index in [1.807, 2.05) is 46.9 Å². The Balaban J connectivity index is 1.54. The van der Waals surface area contributed by atoms with Gasteiger partial charge in [-0.2, -0.15) is 0 Å². The molecule has 0 bridgehead atoms. The van der Waals surface area contributed by atoms with Crippen molar-refractivity contribution in [2.24, 2.45) is 0 Å². The fourth-order valence-electron chi connectivity index (χ4n) is 2.85. The van der Waals surface area contributed by atoms with Gasteiger partial charge in [-0.3, -0.25) is 14.9 Å². The van der Waals surface area contributed by atoms with Gasteiger partial charge in [-0.25, -0.2) is 4.98 Å². The number of anilines is 1. The number of rotatable bonds is 4. The molecular weight excluding hydrogens is 501 g/mol. The van der Waals surface area contributed by atoms with E-state index in [0.717, 1.165) is 20.8 Å². The van der Waals surface area contributed by atoms with Crippen LogP contribution in [0.5, 0.6) is 0 Å². The number of amides is 1. The molecule has 0 unspecified atom stereocenters. The summed E-state index contributed by atoms with van der Waals surface area (Å²) >= 11 is 3.50. The second-order valence-corrected chi connectivity index (χ2v) is 8.64. The lowest BCUT2D eigenvalue weighted by atomic mass is 10.1. The van der Waals surface area contributed by atoms with Crippen LogP contribution in [0.2, 0.25) is 0 Å². The van der Waals surface area contributed by atoms with Crippen LogP contribution in [0.25, 0.3) is 20.8 Å². The molecule has 0 radical (unpaired) electrons. The van der Waals surface area contributed by atoms with Gasteiger partial charge in [-0.1, -0.05) is 6.07 Å². The first-order valence-corrected chi connectivity index (χ1v) is 10.5. The van der Waals surface area contributed by atoms with E-state index in [-0.39, 0.29) is 11.3 Å². The Kier molecular flexibility index (Phi) is 5.29. The smallest absolute Gasteiger partial charge is 0.283 e. The van der Waals surface area contributed by atoms with Crippen molar-refractivity contribution in [2.75, 3.05) is 5.32 Å². The van der Waals surface area contributed by atoms with Crippen molar-refractivity contribution in [3.05, 3.63) is 85.5 Å². The van der Waals surface area contributed by atoms with Gasteiger partial charge in [-0.15, -0.1) is 11.3 Å². The third kappa shape index (κ3) is 4.13. The summed E-state index contributed by atoms with van der Waals surface area (Å²) in [6, 6.07) is 18.0. The molecule has 1 N–H and O–H groups in total. The normalized spacial score (nSPS) is 10.8. The first-order valence-electron chi connectivity index (χ1n) is 8.63. The van der Waals surface area contributed by atoms with Gasteiger partial charge in [-0.05, 0) is 83.6 Å². The molecule has 144 valence electrons. The Morgan fingerprint density at radius 1 is 1.10 bits per heavy atom. The molecule has 1 aromatic heterocycles. The van der Waals surface area contributed by atoms with Crippen LogP contribution in [-0.4, -0.2) is 15.8 Å². The van der Waals surface area contributed by atoms with Crippen molar-refractivity contribution >= 4 is 61.4 Å². The minimum atomic E-state index is -0.493. The zero-order chi connectivity index (χ0) is 20.5.